The maximum absolute atomic E-state index is 7.62. The third-order valence-corrected chi connectivity index (χ3v) is 1.01. The molecule has 1 rings (SSSR count). The van der Waals surface area contributed by atoms with E-state index in [0.29, 0.717) is 6.10 Å². The Hall–Kier alpha value is -1.72. The molecule has 4 heteroatoms. The van der Waals surface area contributed by atoms with Gasteiger partial charge in [0, 0.05) is 6.61 Å². The van der Waals surface area contributed by atoms with E-state index in [4.69, 9.17) is 19.7 Å². The van der Waals surface area contributed by atoms with Gasteiger partial charge in [0.15, 0.2) is 0 Å². The highest BCUT2D eigenvalue weighted by Crippen LogP contribution is 2.07. The third kappa shape index (κ3) is 172. The molecule has 1 saturated heterocycles. The summed E-state index contributed by atoms with van der Waals surface area (Å²) < 4.78 is 9.92. The Morgan fingerprint density at radius 3 is 1.17 bits per heavy atom. The summed E-state index contributed by atoms with van der Waals surface area (Å²) in [5.41, 5.74) is 0. The molecule has 0 spiro atoms. The maximum Gasteiger partial charge on any atom is 0.104 e. The van der Waals surface area contributed by atoms with Crippen LogP contribution >= 0.6 is 0 Å². The van der Waals surface area contributed by atoms with Crippen LogP contribution in [-0.2, 0) is 9.47 Å². The van der Waals surface area contributed by atoms with Gasteiger partial charge in [-0.05, 0) is 6.92 Å². The van der Waals surface area contributed by atoms with E-state index in [2.05, 4.69) is 78.9 Å². The van der Waals surface area contributed by atoms with Gasteiger partial charge in [-0.3, -0.25) is 0 Å². The number of hydrogen-bond donors (Lipinski definition) is 2. The molecule has 1 heterocycles. The first-order valence-electron chi connectivity index (χ1n) is 6.76. The van der Waals surface area contributed by atoms with E-state index in [9.17, 15) is 0 Å². The largest absolute Gasteiger partial charge is 0.394 e. The van der Waals surface area contributed by atoms with E-state index in [1.165, 1.54) is 0 Å². The van der Waals surface area contributed by atoms with Crippen LogP contribution in [-0.4, -0.2) is 49.4 Å². The van der Waals surface area contributed by atoms with Gasteiger partial charge >= 0.3 is 0 Å². The van der Waals surface area contributed by atoms with E-state index >= 15 is 0 Å². The lowest BCUT2D eigenvalue weighted by atomic mass is 10.5. The Labute approximate surface area is 145 Å². The number of aliphatic hydroxyl groups excluding tert-OH is 2. The smallest absolute Gasteiger partial charge is 0.104 e. The number of epoxide rings is 1. The third-order valence-electron chi connectivity index (χ3n) is 1.01. The van der Waals surface area contributed by atoms with Crippen molar-refractivity contribution in [2.24, 2.45) is 0 Å². The molecule has 0 amide bonds. The van der Waals surface area contributed by atoms with E-state index < -0.39 is 0 Å². The van der Waals surface area contributed by atoms with Crippen LogP contribution in [0, 0.1) is 0 Å². The lowest BCUT2D eigenvalue weighted by Crippen LogP contribution is -1.99. The normalized spacial score (nSPS) is 10.8. The molecule has 23 heavy (non-hydrogen) atoms. The van der Waals surface area contributed by atoms with Crippen molar-refractivity contribution in [2.45, 2.75) is 13.0 Å². The Morgan fingerprint density at radius 1 is 0.783 bits per heavy atom. The molecule has 1 aliphatic rings. The van der Waals surface area contributed by atoms with Gasteiger partial charge in [-0.25, -0.2) is 0 Å². The fourth-order valence-electron chi connectivity index (χ4n) is 0.414. The predicted molar refractivity (Wildman–Crippen MR) is 108 cm³/mol. The zero-order valence-corrected chi connectivity index (χ0v) is 15.3. The Morgan fingerprint density at radius 2 is 1.04 bits per heavy atom. The summed E-state index contributed by atoms with van der Waals surface area (Å²) >= 11 is 0. The van der Waals surface area contributed by atoms with Gasteiger partial charge < -0.3 is 19.7 Å². The molecule has 0 bridgehead atoms. The second-order valence-corrected chi connectivity index (χ2v) is 2.06. The fourth-order valence-corrected chi connectivity index (χ4v) is 0.414. The van der Waals surface area contributed by atoms with Crippen LogP contribution in [0.5, 0.6) is 0 Å². The van der Waals surface area contributed by atoms with Gasteiger partial charge in [0.1, 0.15) is 6.10 Å². The van der Waals surface area contributed by atoms with Crippen LogP contribution in [0.3, 0.4) is 0 Å². The highest BCUT2D eigenvalue weighted by Gasteiger charge is 2.21. The Bertz CT molecular complexity index is 122. The predicted octanol–water partition coefficient (Wildman–Crippen LogP) is 4.21. The molecule has 0 aromatic rings. The van der Waals surface area contributed by atoms with Crippen LogP contribution < -0.4 is 0 Å². The molecular weight excluding hydrogens is 292 g/mol. The van der Waals surface area contributed by atoms with Crippen molar-refractivity contribution in [1.82, 2.24) is 0 Å². The van der Waals surface area contributed by atoms with Gasteiger partial charge in [-0.15, -0.1) is 78.9 Å². The fraction of sp³-hybridized carbons (Fsp3) is 0.368. The first-order chi connectivity index (χ1) is 11.3. The highest BCUT2D eigenvalue weighted by molar-refractivity contribution is 4.66. The van der Waals surface area contributed by atoms with E-state index in [1.807, 2.05) is 6.92 Å². The van der Waals surface area contributed by atoms with Crippen LogP contribution in [0.15, 0.2) is 78.9 Å². The summed E-state index contributed by atoms with van der Waals surface area (Å²) in [6, 6.07) is 0. The molecule has 0 aromatic heterocycles. The first-order valence-corrected chi connectivity index (χ1v) is 6.76. The minimum Gasteiger partial charge on any atom is -0.394 e. The zero-order chi connectivity index (χ0) is 20.5. The molecule has 2 N–H and O–H groups in total. The van der Waals surface area contributed by atoms with Crippen molar-refractivity contribution in [3.8, 4) is 0 Å². The van der Waals surface area contributed by atoms with Gasteiger partial charge in [0.05, 0.1) is 26.4 Å². The second-order valence-electron chi connectivity index (χ2n) is 2.06. The molecule has 1 atom stereocenters. The van der Waals surface area contributed by atoms with Gasteiger partial charge in [0.25, 0.3) is 0 Å². The summed E-state index contributed by atoms with van der Waals surface area (Å²) in [4.78, 5) is 0. The quantitative estimate of drug-likeness (QED) is 0.598. The summed E-state index contributed by atoms with van der Waals surface area (Å²) in [6.45, 7) is 40.2. The number of aliphatic hydroxyl groups is 2. The van der Waals surface area contributed by atoms with Crippen molar-refractivity contribution < 1.29 is 19.7 Å². The molecule has 0 aromatic carbocycles. The average Bonchev–Trinajstić information content (AvgIpc) is 3.54. The van der Waals surface area contributed by atoms with Crippen molar-refractivity contribution in [1.29, 1.82) is 0 Å². The minimum atomic E-state index is -0.125. The van der Waals surface area contributed by atoms with E-state index in [-0.39, 0.29) is 13.2 Å². The molecule has 1 unspecified atom stereocenters. The van der Waals surface area contributed by atoms with Crippen LogP contribution in [0.4, 0.5) is 0 Å². The summed E-state index contributed by atoms with van der Waals surface area (Å²) in [5, 5.41) is 15.2. The van der Waals surface area contributed by atoms with Crippen LogP contribution in [0.2, 0.25) is 0 Å². The molecule has 1 aliphatic heterocycles. The van der Waals surface area contributed by atoms with Crippen molar-refractivity contribution in [3.63, 3.8) is 0 Å². The molecule has 140 valence electrons. The highest BCUT2D eigenvalue weighted by atomic mass is 16.6. The van der Waals surface area contributed by atoms with Gasteiger partial charge in [-0.1, -0.05) is 0 Å². The topological polar surface area (TPSA) is 62.2 Å². The second kappa shape index (κ2) is 110. The summed E-state index contributed by atoms with van der Waals surface area (Å²) in [5.74, 6) is 0. The standard InChI is InChI=1S/C5H10O2.C2H6O2.6C2H4/c1-2-6-3-5-4-7-5;3-1-2-4;6*1-2/h5H,2-4H2,1H3;3-4H,1-2H2;6*1-2H2. The lowest BCUT2D eigenvalue weighted by molar-refractivity contribution is 0.128. The molecule has 0 radical (unpaired) electrons. The number of ether oxygens (including phenoxy) is 2. The monoisotopic (exact) mass is 332 g/mol. The molecule has 1 fully saturated rings. The first kappa shape index (κ1) is 42.9. The Balaban J connectivity index is -0.0000000282. The van der Waals surface area contributed by atoms with Crippen molar-refractivity contribution in [3.05, 3.63) is 78.9 Å². The molecular formula is C19H40O4. The lowest BCUT2D eigenvalue weighted by Gasteiger charge is -1.91. The molecule has 0 aliphatic carbocycles. The Kier molecular flexibility index (Phi) is 205. The van der Waals surface area contributed by atoms with Crippen LogP contribution in [0.1, 0.15) is 6.92 Å². The van der Waals surface area contributed by atoms with Crippen LogP contribution in [0.25, 0.3) is 0 Å². The number of rotatable bonds is 4. The average molecular weight is 333 g/mol. The summed E-state index contributed by atoms with van der Waals surface area (Å²) in [6.07, 6.45) is 0.431. The molecule has 4 nitrogen and oxygen atoms in total. The molecule has 0 saturated carbocycles. The van der Waals surface area contributed by atoms with E-state index in [0.717, 1.165) is 19.8 Å². The van der Waals surface area contributed by atoms with Crippen molar-refractivity contribution >= 4 is 0 Å². The summed E-state index contributed by atoms with van der Waals surface area (Å²) in [7, 11) is 0. The van der Waals surface area contributed by atoms with Gasteiger partial charge in [-0.2, -0.15) is 0 Å². The van der Waals surface area contributed by atoms with Gasteiger partial charge in [0.2, 0.25) is 0 Å². The maximum atomic E-state index is 7.62. The SMILES string of the molecule is C=C.C=C.C=C.C=C.C=C.C=C.CCOCC1CO1.OCCO. The number of hydrogen-bond acceptors (Lipinski definition) is 4. The van der Waals surface area contributed by atoms with Crippen molar-refractivity contribution in [2.75, 3.05) is 33.0 Å². The minimum absolute atomic E-state index is 0.125. The zero-order valence-electron chi connectivity index (χ0n) is 15.3. The van der Waals surface area contributed by atoms with E-state index in [1.54, 1.807) is 0 Å².